The second-order valence-electron chi connectivity index (χ2n) is 5.63. The maximum Gasteiger partial charge on any atom is 0.109 e. The second-order valence-corrected chi connectivity index (χ2v) is 7.03. The van der Waals surface area contributed by atoms with Gasteiger partial charge in [-0.05, 0) is 43.2 Å². The number of rotatable bonds is 4. The summed E-state index contributed by atoms with van der Waals surface area (Å²) in [5.74, 6) is 2.53. The standard InChI is InChI=1S/C16H23N3S/c1-2-5-16-18-14-10-12(17)7-8-15(14)19(16)11-13-6-3-4-9-20-13/h7-8,10,13H,2-6,9,11,17H2,1H3. The van der Waals surface area contributed by atoms with Crippen LogP contribution in [0.15, 0.2) is 18.2 Å². The molecule has 3 nitrogen and oxygen atoms in total. The molecule has 1 aromatic carbocycles. The largest absolute Gasteiger partial charge is 0.399 e. The second kappa shape index (κ2) is 6.08. The number of aromatic nitrogens is 2. The first-order chi connectivity index (χ1) is 9.78. The van der Waals surface area contributed by atoms with Gasteiger partial charge < -0.3 is 10.3 Å². The summed E-state index contributed by atoms with van der Waals surface area (Å²) in [5.41, 5.74) is 8.99. The zero-order valence-electron chi connectivity index (χ0n) is 12.1. The number of aryl methyl sites for hydroxylation is 1. The number of fused-ring (bicyclic) bond motifs is 1. The average Bonchev–Trinajstić information content (AvgIpc) is 2.77. The van der Waals surface area contributed by atoms with Gasteiger partial charge in [0.15, 0.2) is 0 Å². The van der Waals surface area contributed by atoms with E-state index in [9.17, 15) is 0 Å². The van der Waals surface area contributed by atoms with E-state index < -0.39 is 0 Å². The summed E-state index contributed by atoms with van der Waals surface area (Å²) in [5, 5.41) is 0.745. The molecule has 20 heavy (non-hydrogen) atoms. The lowest BCUT2D eigenvalue weighted by Crippen LogP contribution is -2.18. The molecule has 0 saturated carbocycles. The Morgan fingerprint density at radius 1 is 1.40 bits per heavy atom. The number of hydrogen-bond donors (Lipinski definition) is 1. The lowest BCUT2D eigenvalue weighted by Gasteiger charge is -2.23. The van der Waals surface area contributed by atoms with Gasteiger partial charge in [-0.1, -0.05) is 13.3 Å². The highest BCUT2D eigenvalue weighted by Gasteiger charge is 2.18. The minimum absolute atomic E-state index is 0.745. The van der Waals surface area contributed by atoms with E-state index in [2.05, 4.69) is 29.3 Å². The van der Waals surface area contributed by atoms with Crippen LogP contribution in [-0.2, 0) is 13.0 Å². The topological polar surface area (TPSA) is 43.8 Å². The highest BCUT2D eigenvalue weighted by atomic mass is 32.2. The predicted molar refractivity (Wildman–Crippen MR) is 88.2 cm³/mol. The molecule has 1 aromatic heterocycles. The van der Waals surface area contributed by atoms with E-state index in [-0.39, 0.29) is 0 Å². The van der Waals surface area contributed by atoms with E-state index in [1.54, 1.807) is 0 Å². The van der Waals surface area contributed by atoms with Gasteiger partial charge in [0, 0.05) is 23.9 Å². The lowest BCUT2D eigenvalue weighted by molar-refractivity contribution is 0.573. The molecule has 2 N–H and O–H groups in total. The summed E-state index contributed by atoms with van der Waals surface area (Å²) >= 11 is 2.13. The number of hydrogen-bond acceptors (Lipinski definition) is 3. The van der Waals surface area contributed by atoms with Crippen LogP contribution in [0.1, 0.15) is 38.4 Å². The molecule has 0 bridgehead atoms. The van der Waals surface area contributed by atoms with Gasteiger partial charge in [0.25, 0.3) is 0 Å². The molecule has 1 fully saturated rings. The Bertz CT molecular complexity index is 585. The molecular formula is C16H23N3S. The molecule has 1 atom stereocenters. The zero-order valence-corrected chi connectivity index (χ0v) is 13.0. The van der Waals surface area contributed by atoms with Crippen LogP contribution in [0.4, 0.5) is 5.69 Å². The quantitative estimate of drug-likeness (QED) is 0.869. The number of anilines is 1. The fourth-order valence-corrected chi connectivity index (χ4v) is 4.26. The van der Waals surface area contributed by atoms with Crippen molar-refractivity contribution in [2.24, 2.45) is 0 Å². The van der Waals surface area contributed by atoms with Crippen LogP contribution >= 0.6 is 11.8 Å². The van der Waals surface area contributed by atoms with Gasteiger partial charge in [-0.15, -0.1) is 0 Å². The van der Waals surface area contributed by atoms with Gasteiger partial charge >= 0.3 is 0 Å². The number of benzene rings is 1. The van der Waals surface area contributed by atoms with Gasteiger partial charge in [0.1, 0.15) is 5.82 Å². The van der Waals surface area contributed by atoms with Gasteiger partial charge in [-0.25, -0.2) is 4.98 Å². The number of nitrogens with two attached hydrogens (primary N) is 1. The Balaban J connectivity index is 1.95. The van der Waals surface area contributed by atoms with Crippen LogP contribution in [0.5, 0.6) is 0 Å². The van der Waals surface area contributed by atoms with E-state index >= 15 is 0 Å². The average molecular weight is 289 g/mol. The van der Waals surface area contributed by atoms with Crippen molar-refractivity contribution in [1.82, 2.24) is 9.55 Å². The van der Waals surface area contributed by atoms with E-state index in [4.69, 9.17) is 10.7 Å². The molecule has 0 amide bonds. The van der Waals surface area contributed by atoms with E-state index in [0.29, 0.717) is 0 Å². The maximum absolute atomic E-state index is 5.89. The number of nitrogens with zero attached hydrogens (tertiary/aromatic N) is 2. The van der Waals surface area contributed by atoms with Crippen LogP contribution in [0.3, 0.4) is 0 Å². The fraction of sp³-hybridized carbons (Fsp3) is 0.562. The molecule has 2 heterocycles. The van der Waals surface area contributed by atoms with Crippen LogP contribution in [0.2, 0.25) is 0 Å². The molecule has 2 aromatic rings. The first-order valence-corrected chi connectivity index (χ1v) is 8.69. The van der Waals surface area contributed by atoms with Crippen molar-refractivity contribution >= 4 is 28.5 Å². The molecular weight excluding hydrogens is 266 g/mol. The van der Waals surface area contributed by atoms with E-state index in [1.165, 1.54) is 36.4 Å². The monoisotopic (exact) mass is 289 g/mol. The third-order valence-corrected chi connectivity index (χ3v) is 5.37. The maximum atomic E-state index is 5.89. The molecule has 0 spiro atoms. The Morgan fingerprint density at radius 2 is 2.30 bits per heavy atom. The Hall–Kier alpha value is -1.16. The lowest BCUT2D eigenvalue weighted by atomic mass is 10.2. The fourth-order valence-electron chi connectivity index (χ4n) is 2.97. The van der Waals surface area contributed by atoms with Crippen molar-refractivity contribution in [3.05, 3.63) is 24.0 Å². The van der Waals surface area contributed by atoms with Crippen molar-refractivity contribution in [3.8, 4) is 0 Å². The van der Waals surface area contributed by atoms with Crippen molar-refractivity contribution < 1.29 is 0 Å². The molecule has 1 aliphatic heterocycles. The Kier molecular flexibility index (Phi) is 4.20. The smallest absolute Gasteiger partial charge is 0.109 e. The molecule has 1 aliphatic rings. The highest BCUT2D eigenvalue weighted by molar-refractivity contribution is 7.99. The summed E-state index contributed by atoms with van der Waals surface area (Å²) in [6.07, 6.45) is 6.28. The van der Waals surface area contributed by atoms with Crippen LogP contribution in [0, 0.1) is 0 Å². The van der Waals surface area contributed by atoms with Crippen molar-refractivity contribution in [1.29, 1.82) is 0 Å². The Labute approximate surface area is 124 Å². The van der Waals surface area contributed by atoms with Gasteiger partial charge in [-0.2, -0.15) is 11.8 Å². The van der Waals surface area contributed by atoms with Crippen LogP contribution < -0.4 is 5.73 Å². The van der Waals surface area contributed by atoms with Gasteiger partial charge in [-0.3, -0.25) is 0 Å². The first kappa shape index (κ1) is 13.8. The summed E-state index contributed by atoms with van der Waals surface area (Å²) in [6, 6.07) is 6.12. The number of nitrogen functional groups attached to an aromatic ring is 1. The predicted octanol–water partition coefficient (Wildman–Crippen LogP) is 3.86. The summed E-state index contributed by atoms with van der Waals surface area (Å²) in [4.78, 5) is 4.80. The molecule has 3 rings (SSSR count). The Morgan fingerprint density at radius 3 is 3.05 bits per heavy atom. The van der Waals surface area contributed by atoms with Crippen molar-refractivity contribution in [2.45, 2.75) is 50.8 Å². The molecule has 0 radical (unpaired) electrons. The highest BCUT2D eigenvalue weighted by Crippen LogP contribution is 2.29. The summed E-state index contributed by atoms with van der Waals surface area (Å²) in [7, 11) is 0. The van der Waals surface area contributed by atoms with Crippen molar-refractivity contribution in [2.75, 3.05) is 11.5 Å². The minimum atomic E-state index is 0.745. The first-order valence-electron chi connectivity index (χ1n) is 7.64. The SMILES string of the molecule is CCCc1nc2cc(N)ccc2n1CC1CCCCS1. The molecule has 4 heteroatoms. The normalized spacial score (nSPS) is 19.6. The van der Waals surface area contributed by atoms with Crippen LogP contribution in [-0.4, -0.2) is 20.6 Å². The molecule has 0 aliphatic carbocycles. The van der Waals surface area contributed by atoms with E-state index in [1.807, 2.05) is 12.1 Å². The summed E-state index contributed by atoms with van der Waals surface area (Å²) in [6.45, 7) is 3.31. The van der Waals surface area contributed by atoms with E-state index in [0.717, 1.165) is 35.8 Å². The van der Waals surface area contributed by atoms with Crippen molar-refractivity contribution in [3.63, 3.8) is 0 Å². The molecule has 1 unspecified atom stereocenters. The minimum Gasteiger partial charge on any atom is -0.399 e. The van der Waals surface area contributed by atoms with Crippen LogP contribution in [0.25, 0.3) is 11.0 Å². The zero-order chi connectivity index (χ0) is 13.9. The third-order valence-electron chi connectivity index (χ3n) is 3.99. The number of thioether (sulfide) groups is 1. The molecule has 1 saturated heterocycles. The summed E-state index contributed by atoms with van der Waals surface area (Å²) < 4.78 is 2.43. The van der Waals surface area contributed by atoms with Gasteiger partial charge in [0.05, 0.1) is 11.0 Å². The van der Waals surface area contributed by atoms with Gasteiger partial charge in [0.2, 0.25) is 0 Å². The number of imidazole rings is 1. The molecule has 108 valence electrons. The third kappa shape index (κ3) is 2.80.